The minimum absolute atomic E-state index is 0.0482. The van der Waals surface area contributed by atoms with Gasteiger partial charge in [-0.25, -0.2) is 15.0 Å². The highest BCUT2D eigenvalue weighted by molar-refractivity contribution is 6.08. The molecule has 1 aliphatic heterocycles. The van der Waals surface area contributed by atoms with Gasteiger partial charge in [0.15, 0.2) is 0 Å². The van der Waals surface area contributed by atoms with Crippen LogP contribution in [0.4, 0.5) is 0 Å². The zero-order valence-corrected chi connectivity index (χ0v) is 17.7. The topological polar surface area (TPSA) is 79.3 Å². The Morgan fingerprint density at radius 2 is 1.90 bits per heavy atom. The number of carbonyl (C=O) groups excluding carboxylic acids is 2. The third-order valence-electron chi connectivity index (χ3n) is 5.65. The SMILES string of the molecule is CCc1ncc(-c2cc(C(=O)N3CCN(C)C(=O)[C@H]3C)c3cc(C)ccc3n2)cn1. The Bertz CT molecular complexity index is 1130. The first kappa shape index (κ1) is 19.9. The Kier molecular flexibility index (Phi) is 5.20. The van der Waals surface area contributed by atoms with Crippen LogP contribution in [-0.2, 0) is 11.2 Å². The smallest absolute Gasteiger partial charge is 0.255 e. The molecule has 4 rings (SSSR count). The van der Waals surface area contributed by atoms with E-state index in [-0.39, 0.29) is 11.8 Å². The lowest BCUT2D eigenvalue weighted by atomic mass is 10.0. The lowest BCUT2D eigenvalue weighted by Gasteiger charge is -2.37. The van der Waals surface area contributed by atoms with Gasteiger partial charge >= 0.3 is 0 Å². The van der Waals surface area contributed by atoms with Crippen molar-refractivity contribution >= 4 is 22.7 Å². The average molecular weight is 403 g/mol. The molecule has 1 saturated heterocycles. The molecule has 2 aromatic heterocycles. The van der Waals surface area contributed by atoms with Crippen LogP contribution in [0.5, 0.6) is 0 Å². The molecule has 0 saturated carbocycles. The number of fused-ring (bicyclic) bond motifs is 1. The first-order valence-corrected chi connectivity index (χ1v) is 10.2. The van der Waals surface area contributed by atoms with Gasteiger partial charge in [-0.2, -0.15) is 0 Å². The summed E-state index contributed by atoms with van der Waals surface area (Å²) in [6.45, 7) is 6.79. The highest BCUT2D eigenvalue weighted by Gasteiger charge is 2.33. The second kappa shape index (κ2) is 7.82. The lowest BCUT2D eigenvalue weighted by Crippen LogP contribution is -2.56. The molecule has 0 aliphatic carbocycles. The molecule has 0 N–H and O–H groups in total. The van der Waals surface area contributed by atoms with Crippen LogP contribution in [0.3, 0.4) is 0 Å². The minimum Gasteiger partial charge on any atom is -0.342 e. The van der Waals surface area contributed by atoms with E-state index in [0.29, 0.717) is 24.3 Å². The maximum Gasteiger partial charge on any atom is 0.255 e. The van der Waals surface area contributed by atoms with E-state index >= 15 is 0 Å². The number of aryl methyl sites for hydroxylation is 2. The van der Waals surface area contributed by atoms with Gasteiger partial charge in [0.1, 0.15) is 11.9 Å². The number of hydrogen-bond acceptors (Lipinski definition) is 5. The second-order valence-electron chi connectivity index (χ2n) is 7.75. The zero-order chi connectivity index (χ0) is 21.4. The average Bonchev–Trinajstić information content (AvgIpc) is 2.76. The fraction of sp³-hybridized carbons (Fsp3) is 0.348. The van der Waals surface area contributed by atoms with Gasteiger partial charge in [0.05, 0.1) is 16.8 Å². The van der Waals surface area contributed by atoms with Gasteiger partial charge < -0.3 is 9.80 Å². The second-order valence-corrected chi connectivity index (χ2v) is 7.75. The van der Waals surface area contributed by atoms with Crippen molar-refractivity contribution in [2.24, 2.45) is 0 Å². The standard InChI is InChI=1S/C23H25N5O2/c1-5-21-24-12-16(13-25-21)20-11-18(17-10-14(2)6-7-19(17)26-20)23(30)28-9-8-27(4)22(29)15(28)3/h6-7,10-13,15H,5,8-9H2,1-4H3/t15-/m1/s1. The maximum atomic E-state index is 13.6. The molecule has 3 aromatic rings. The summed E-state index contributed by atoms with van der Waals surface area (Å²) >= 11 is 0. The lowest BCUT2D eigenvalue weighted by molar-refractivity contribution is -0.137. The van der Waals surface area contributed by atoms with Gasteiger partial charge in [0, 0.05) is 49.9 Å². The monoisotopic (exact) mass is 403 g/mol. The molecule has 7 heteroatoms. The Balaban J connectivity index is 1.83. The molecule has 0 spiro atoms. The first-order chi connectivity index (χ1) is 14.4. The summed E-state index contributed by atoms with van der Waals surface area (Å²) in [6.07, 6.45) is 4.23. The van der Waals surface area contributed by atoms with Crippen LogP contribution in [0, 0.1) is 6.92 Å². The van der Waals surface area contributed by atoms with Crippen LogP contribution in [0.25, 0.3) is 22.2 Å². The predicted molar refractivity (Wildman–Crippen MR) is 115 cm³/mol. The molecule has 0 unspecified atom stereocenters. The van der Waals surface area contributed by atoms with Gasteiger partial charge in [-0.05, 0) is 32.0 Å². The number of benzene rings is 1. The highest BCUT2D eigenvalue weighted by atomic mass is 16.2. The van der Waals surface area contributed by atoms with E-state index in [4.69, 9.17) is 4.98 Å². The highest BCUT2D eigenvalue weighted by Crippen LogP contribution is 2.27. The number of nitrogens with zero attached hydrogens (tertiary/aromatic N) is 5. The fourth-order valence-corrected chi connectivity index (χ4v) is 3.78. The fourth-order valence-electron chi connectivity index (χ4n) is 3.78. The van der Waals surface area contributed by atoms with E-state index in [1.54, 1.807) is 42.2 Å². The van der Waals surface area contributed by atoms with Crippen molar-refractivity contribution in [1.82, 2.24) is 24.8 Å². The Labute approximate surface area is 175 Å². The van der Waals surface area contributed by atoms with Crippen LogP contribution in [0.1, 0.15) is 35.6 Å². The molecule has 1 fully saturated rings. The molecule has 0 radical (unpaired) electrons. The Morgan fingerprint density at radius 3 is 2.60 bits per heavy atom. The number of hydrogen-bond donors (Lipinski definition) is 0. The van der Waals surface area contributed by atoms with Gasteiger partial charge in [-0.1, -0.05) is 18.6 Å². The number of likely N-dealkylation sites (N-methyl/N-ethyl adjacent to an activating group) is 1. The molecule has 154 valence electrons. The molecule has 1 aromatic carbocycles. The third kappa shape index (κ3) is 3.51. The van der Waals surface area contributed by atoms with Crippen molar-refractivity contribution in [2.75, 3.05) is 20.1 Å². The molecule has 3 heterocycles. The molecular weight excluding hydrogens is 378 g/mol. The maximum absolute atomic E-state index is 13.6. The third-order valence-corrected chi connectivity index (χ3v) is 5.65. The van der Waals surface area contributed by atoms with Crippen LogP contribution in [0.2, 0.25) is 0 Å². The summed E-state index contributed by atoms with van der Waals surface area (Å²) in [6, 6.07) is 7.17. The molecule has 7 nitrogen and oxygen atoms in total. The summed E-state index contributed by atoms with van der Waals surface area (Å²) in [5.41, 5.74) is 3.72. The van der Waals surface area contributed by atoms with E-state index < -0.39 is 6.04 Å². The predicted octanol–water partition coefficient (Wildman–Crippen LogP) is 2.87. The van der Waals surface area contributed by atoms with Crippen molar-refractivity contribution in [3.63, 3.8) is 0 Å². The number of pyridine rings is 1. The van der Waals surface area contributed by atoms with Crippen molar-refractivity contribution in [2.45, 2.75) is 33.2 Å². The number of piperazine rings is 1. The summed E-state index contributed by atoms with van der Waals surface area (Å²) in [7, 11) is 1.77. The van der Waals surface area contributed by atoms with Gasteiger partial charge in [-0.3, -0.25) is 9.59 Å². The van der Waals surface area contributed by atoms with E-state index in [2.05, 4.69) is 9.97 Å². The van der Waals surface area contributed by atoms with Gasteiger partial charge in [0.2, 0.25) is 5.91 Å². The normalized spacial score (nSPS) is 16.9. The Morgan fingerprint density at radius 1 is 1.17 bits per heavy atom. The van der Waals surface area contributed by atoms with E-state index in [1.165, 1.54) is 0 Å². The summed E-state index contributed by atoms with van der Waals surface area (Å²) < 4.78 is 0. The van der Waals surface area contributed by atoms with Crippen LogP contribution in [-0.4, -0.2) is 62.7 Å². The largest absolute Gasteiger partial charge is 0.342 e. The quantitative estimate of drug-likeness (QED) is 0.672. The van der Waals surface area contributed by atoms with Gasteiger partial charge in [-0.15, -0.1) is 0 Å². The van der Waals surface area contributed by atoms with Crippen molar-refractivity contribution in [3.05, 3.63) is 53.6 Å². The van der Waals surface area contributed by atoms with Crippen LogP contribution >= 0.6 is 0 Å². The molecule has 30 heavy (non-hydrogen) atoms. The minimum atomic E-state index is -0.500. The zero-order valence-electron chi connectivity index (χ0n) is 17.7. The van der Waals surface area contributed by atoms with E-state index in [1.807, 2.05) is 32.0 Å². The van der Waals surface area contributed by atoms with Crippen molar-refractivity contribution < 1.29 is 9.59 Å². The molecule has 1 atom stereocenters. The molecule has 1 aliphatic rings. The van der Waals surface area contributed by atoms with Crippen molar-refractivity contribution in [3.8, 4) is 11.3 Å². The molecule has 0 bridgehead atoms. The summed E-state index contributed by atoms with van der Waals surface area (Å²) in [4.78, 5) is 42.8. The number of amides is 2. The van der Waals surface area contributed by atoms with Gasteiger partial charge in [0.25, 0.3) is 5.91 Å². The number of rotatable bonds is 3. The van der Waals surface area contributed by atoms with Crippen molar-refractivity contribution in [1.29, 1.82) is 0 Å². The molecule has 2 amide bonds. The first-order valence-electron chi connectivity index (χ1n) is 10.2. The summed E-state index contributed by atoms with van der Waals surface area (Å²) in [5.74, 6) is 0.554. The van der Waals surface area contributed by atoms with Crippen LogP contribution < -0.4 is 0 Å². The number of carbonyl (C=O) groups is 2. The van der Waals surface area contributed by atoms with E-state index in [0.717, 1.165) is 34.3 Å². The number of aromatic nitrogens is 3. The van der Waals surface area contributed by atoms with E-state index in [9.17, 15) is 9.59 Å². The Hall–Kier alpha value is -3.35. The summed E-state index contributed by atoms with van der Waals surface area (Å²) in [5, 5.41) is 0.786. The van der Waals surface area contributed by atoms with Crippen LogP contribution in [0.15, 0.2) is 36.7 Å². The molecular formula is C23H25N5O2.